The summed E-state index contributed by atoms with van der Waals surface area (Å²) in [6.45, 7) is 6.15. The summed E-state index contributed by atoms with van der Waals surface area (Å²) in [7, 11) is 0. The Labute approximate surface area is 110 Å². The molecule has 100 valence electrons. The number of aryl methyl sites for hydroxylation is 2. The van der Waals surface area contributed by atoms with E-state index >= 15 is 0 Å². The normalized spacial score (nSPS) is 23.7. The van der Waals surface area contributed by atoms with Gasteiger partial charge in [0.2, 0.25) is 0 Å². The molecule has 0 aliphatic carbocycles. The SMILES string of the molecule is CCc1cccc(CC)c1N1CCC(N)(CO)C1. The second-order valence-electron chi connectivity index (χ2n) is 5.32. The van der Waals surface area contributed by atoms with E-state index in [9.17, 15) is 5.11 Å². The lowest BCUT2D eigenvalue weighted by molar-refractivity contribution is 0.210. The molecule has 1 fully saturated rings. The van der Waals surface area contributed by atoms with Crippen molar-refractivity contribution < 1.29 is 5.11 Å². The third-order valence-electron chi connectivity index (χ3n) is 3.98. The molecule has 0 spiro atoms. The molecule has 1 unspecified atom stereocenters. The van der Waals surface area contributed by atoms with Gasteiger partial charge in [0, 0.05) is 18.8 Å². The molecule has 3 N–H and O–H groups in total. The van der Waals surface area contributed by atoms with Crippen LogP contribution in [0.25, 0.3) is 0 Å². The topological polar surface area (TPSA) is 49.5 Å². The van der Waals surface area contributed by atoms with E-state index in [1.165, 1.54) is 16.8 Å². The average Bonchev–Trinajstić information content (AvgIpc) is 2.80. The van der Waals surface area contributed by atoms with Gasteiger partial charge >= 0.3 is 0 Å². The maximum atomic E-state index is 9.39. The van der Waals surface area contributed by atoms with Crippen LogP contribution in [0.2, 0.25) is 0 Å². The number of hydrogen-bond donors (Lipinski definition) is 2. The Morgan fingerprint density at radius 2 is 1.89 bits per heavy atom. The van der Waals surface area contributed by atoms with Crippen LogP contribution in [0.5, 0.6) is 0 Å². The van der Waals surface area contributed by atoms with Crippen molar-refractivity contribution in [1.82, 2.24) is 0 Å². The summed E-state index contributed by atoms with van der Waals surface area (Å²) in [5, 5.41) is 9.39. The van der Waals surface area contributed by atoms with E-state index in [4.69, 9.17) is 5.73 Å². The largest absolute Gasteiger partial charge is 0.394 e. The fourth-order valence-electron chi connectivity index (χ4n) is 2.84. The standard InChI is InChI=1S/C15H24N2O/c1-3-12-6-5-7-13(4-2)14(12)17-9-8-15(16,10-17)11-18/h5-7,18H,3-4,8-11,16H2,1-2H3. The van der Waals surface area contributed by atoms with Gasteiger partial charge in [-0.1, -0.05) is 32.0 Å². The first-order valence-corrected chi connectivity index (χ1v) is 6.89. The van der Waals surface area contributed by atoms with Gasteiger partial charge in [0.15, 0.2) is 0 Å². The molecule has 1 atom stereocenters. The predicted octanol–water partition coefficient (Wildman–Crippen LogP) is 1.71. The summed E-state index contributed by atoms with van der Waals surface area (Å²) in [5.41, 5.74) is 9.87. The highest BCUT2D eigenvalue weighted by atomic mass is 16.3. The summed E-state index contributed by atoms with van der Waals surface area (Å²) in [4.78, 5) is 2.36. The first kappa shape index (κ1) is 13.4. The second kappa shape index (κ2) is 5.29. The molecule has 18 heavy (non-hydrogen) atoms. The van der Waals surface area contributed by atoms with Gasteiger partial charge in [0.1, 0.15) is 0 Å². The number of para-hydroxylation sites is 1. The van der Waals surface area contributed by atoms with Crippen LogP contribution in [-0.4, -0.2) is 30.3 Å². The minimum atomic E-state index is -0.425. The van der Waals surface area contributed by atoms with Crippen molar-refractivity contribution in [1.29, 1.82) is 0 Å². The third-order valence-corrected chi connectivity index (χ3v) is 3.98. The molecule has 0 radical (unpaired) electrons. The molecule has 1 saturated heterocycles. The molecule has 0 aromatic heterocycles. The maximum Gasteiger partial charge on any atom is 0.0629 e. The lowest BCUT2D eigenvalue weighted by atomic mass is 10.0. The molecular formula is C15H24N2O. The molecule has 1 aromatic rings. The van der Waals surface area contributed by atoms with Gasteiger partial charge in [0.05, 0.1) is 12.1 Å². The van der Waals surface area contributed by atoms with Crippen LogP contribution >= 0.6 is 0 Å². The second-order valence-corrected chi connectivity index (χ2v) is 5.32. The van der Waals surface area contributed by atoms with Gasteiger partial charge in [-0.25, -0.2) is 0 Å². The van der Waals surface area contributed by atoms with Crippen LogP contribution in [0.1, 0.15) is 31.4 Å². The Morgan fingerprint density at radius 3 is 2.33 bits per heavy atom. The molecule has 1 aromatic carbocycles. The van der Waals surface area contributed by atoms with E-state index in [2.05, 4.69) is 36.9 Å². The number of nitrogens with two attached hydrogens (primary N) is 1. The van der Waals surface area contributed by atoms with E-state index in [1.807, 2.05) is 0 Å². The van der Waals surface area contributed by atoms with E-state index in [-0.39, 0.29) is 6.61 Å². The van der Waals surface area contributed by atoms with Crippen molar-refractivity contribution >= 4 is 5.69 Å². The summed E-state index contributed by atoms with van der Waals surface area (Å²) < 4.78 is 0. The molecule has 0 saturated carbocycles. The molecule has 1 heterocycles. The summed E-state index contributed by atoms with van der Waals surface area (Å²) in [6.07, 6.45) is 2.94. The number of nitrogens with zero attached hydrogens (tertiary/aromatic N) is 1. The molecule has 3 nitrogen and oxygen atoms in total. The number of hydrogen-bond acceptors (Lipinski definition) is 3. The Hall–Kier alpha value is -1.06. The third kappa shape index (κ3) is 2.38. The van der Waals surface area contributed by atoms with Crippen molar-refractivity contribution in [3.63, 3.8) is 0 Å². The van der Waals surface area contributed by atoms with Crippen LogP contribution in [0, 0.1) is 0 Å². The minimum absolute atomic E-state index is 0.0687. The molecule has 0 amide bonds. The smallest absolute Gasteiger partial charge is 0.0629 e. The number of aliphatic hydroxyl groups is 1. The van der Waals surface area contributed by atoms with Crippen molar-refractivity contribution in [3.05, 3.63) is 29.3 Å². The fourth-order valence-corrected chi connectivity index (χ4v) is 2.84. The quantitative estimate of drug-likeness (QED) is 0.853. The summed E-state index contributed by atoms with van der Waals surface area (Å²) >= 11 is 0. The van der Waals surface area contributed by atoms with E-state index in [0.29, 0.717) is 0 Å². The van der Waals surface area contributed by atoms with E-state index < -0.39 is 5.54 Å². The van der Waals surface area contributed by atoms with Crippen molar-refractivity contribution in [2.24, 2.45) is 5.73 Å². The monoisotopic (exact) mass is 248 g/mol. The van der Waals surface area contributed by atoms with Crippen LogP contribution in [-0.2, 0) is 12.8 Å². The van der Waals surface area contributed by atoms with Crippen LogP contribution < -0.4 is 10.6 Å². The number of aliphatic hydroxyl groups excluding tert-OH is 1. The average molecular weight is 248 g/mol. The van der Waals surface area contributed by atoms with Gasteiger partial charge in [-0.05, 0) is 30.4 Å². The Bertz CT molecular complexity index is 397. The highest BCUT2D eigenvalue weighted by Gasteiger charge is 2.35. The van der Waals surface area contributed by atoms with Crippen molar-refractivity contribution in [3.8, 4) is 0 Å². The van der Waals surface area contributed by atoms with Gasteiger partial charge < -0.3 is 15.7 Å². The maximum absolute atomic E-state index is 9.39. The van der Waals surface area contributed by atoms with Crippen LogP contribution in [0.15, 0.2) is 18.2 Å². The van der Waals surface area contributed by atoms with E-state index in [0.717, 1.165) is 32.4 Å². The number of anilines is 1. The first-order chi connectivity index (χ1) is 8.63. The zero-order valence-electron chi connectivity index (χ0n) is 11.4. The molecular weight excluding hydrogens is 224 g/mol. The van der Waals surface area contributed by atoms with Crippen molar-refractivity contribution in [2.75, 3.05) is 24.6 Å². The fraction of sp³-hybridized carbons (Fsp3) is 0.600. The molecule has 2 rings (SSSR count). The Morgan fingerprint density at radius 1 is 1.28 bits per heavy atom. The minimum Gasteiger partial charge on any atom is -0.394 e. The van der Waals surface area contributed by atoms with Crippen LogP contribution in [0.3, 0.4) is 0 Å². The highest BCUT2D eigenvalue weighted by Crippen LogP contribution is 2.32. The summed E-state index contributed by atoms with van der Waals surface area (Å²) in [5.74, 6) is 0. The predicted molar refractivity (Wildman–Crippen MR) is 76.0 cm³/mol. The lowest BCUT2D eigenvalue weighted by Gasteiger charge is -2.27. The zero-order chi connectivity index (χ0) is 13.2. The molecule has 3 heteroatoms. The van der Waals surface area contributed by atoms with Crippen LogP contribution in [0.4, 0.5) is 5.69 Å². The Balaban J connectivity index is 2.33. The first-order valence-electron chi connectivity index (χ1n) is 6.89. The van der Waals surface area contributed by atoms with Gasteiger partial charge in [-0.3, -0.25) is 0 Å². The molecule has 0 bridgehead atoms. The number of benzene rings is 1. The van der Waals surface area contributed by atoms with E-state index in [1.54, 1.807) is 0 Å². The lowest BCUT2D eigenvalue weighted by Crippen LogP contribution is -2.46. The van der Waals surface area contributed by atoms with Gasteiger partial charge in [-0.15, -0.1) is 0 Å². The Kier molecular flexibility index (Phi) is 3.93. The molecule has 1 aliphatic heterocycles. The summed E-state index contributed by atoms with van der Waals surface area (Å²) in [6, 6.07) is 6.53. The van der Waals surface area contributed by atoms with Gasteiger partial charge in [0.25, 0.3) is 0 Å². The number of rotatable bonds is 4. The van der Waals surface area contributed by atoms with Crippen molar-refractivity contribution in [2.45, 2.75) is 38.6 Å². The highest BCUT2D eigenvalue weighted by molar-refractivity contribution is 5.61. The van der Waals surface area contributed by atoms with Gasteiger partial charge in [-0.2, -0.15) is 0 Å². The molecule has 1 aliphatic rings. The zero-order valence-corrected chi connectivity index (χ0v) is 11.4.